The van der Waals surface area contributed by atoms with Gasteiger partial charge in [0.2, 0.25) is 5.88 Å². The zero-order chi connectivity index (χ0) is 13.8. The van der Waals surface area contributed by atoms with Crippen LogP contribution in [0.3, 0.4) is 0 Å². The van der Waals surface area contributed by atoms with Gasteiger partial charge in [0.05, 0.1) is 0 Å². The molecule has 6 heteroatoms. The maximum Gasteiger partial charge on any atom is 0.339 e. The van der Waals surface area contributed by atoms with Crippen molar-refractivity contribution in [2.24, 2.45) is 0 Å². The van der Waals surface area contributed by atoms with Crippen LogP contribution in [0.4, 0.5) is 0 Å². The summed E-state index contributed by atoms with van der Waals surface area (Å²) in [4.78, 5) is 15.0. The smallest absolute Gasteiger partial charge is 0.339 e. The number of aromatic nitrogens is 1. The number of carbonyl (C=O) groups is 1. The number of halogens is 1. The summed E-state index contributed by atoms with van der Waals surface area (Å²) in [6.07, 6.45) is 0. The van der Waals surface area contributed by atoms with Crippen LogP contribution < -0.4 is 4.74 Å². The van der Waals surface area contributed by atoms with Gasteiger partial charge in [0.25, 0.3) is 0 Å². The molecule has 0 aliphatic heterocycles. The largest absolute Gasteiger partial charge is 0.478 e. The summed E-state index contributed by atoms with van der Waals surface area (Å²) in [5.74, 6) is -0.905. The molecule has 0 unspecified atom stereocenters. The Morgan fingerprint density at radius 3 is 2.84 bits per heavy atom. The second kappa shape index (κ2) is 5.38. The Morgan fingerprint density at radius 1 is 1.37 bits per heavy atom. The van der Waals surface area contributed by atoms with Gasteiger partial charge in [-0.05, 0) is 24.3 Å². The molecule has 1 aromatic carbocycles. The highest BCUT2D eigenvalue weighted by atomic mass is 35.5. The van der Waals surface area contributed by atoms with Gasteiger partial charge in [0, 0.05) is 11.1 Å². The molecule has 0 saturated carbocycles. The summed E-state index contributed by atoms with van der Waals surface area (Å²) in [7, 11) is 0. The summed E-state index contributed by atoms with van der Waals surface area (Å²) >= 11 is 5.73. The first-order valence-electron chi connectivity index (χ1n) is 5.18. The summed E-state index contributed by atoms with van der Waals surface area (Å²) in [5, 5.41) is 18.1. The molecule has 2 aromatic rings. The van der Waals surface area contributed by atoms with Crippen molar-refractivity contribution in [2.75, 3.05) is 0 Å². The lowest BCUT2D eigenvalue weighted by Crippen LogP contribution is -2.00. The third kappa shape index (κ3) is 3.00. The molecule has 5 nitrogen and oxygen atoms in total. The first-order chi connectivity index (χ1) is 9.10. The van der Waals surface area contributed by atoms with Crippen molar-refractivity contribution in [3.8, 4) is 17.7 Å². The van der Waals surface area contributed by atoms with Crippen LogP contribution in [0.2, 0.25) is 5.02 Å². The number of carboxylic acids is 1. The topological polar surface area (TPSA) is 83.2 Å². The zero-order valence-corrected chi connectivity index (χ0v) is 10.3. The number of aromatic carboxylic acids is 1. The van der Waals surface area contributed by atoms with E-state index in [1.54, 1.807) is 6.07 Å². The lowest BCUT2D eigenvalue weighted by atomic mass is 10.2. The van der Waals surface area contributed by atoms with Gasteiger partial charge in [-0.25, -0.2) is 9.78 Å². The van der Waals surface area contributed by atoms with E-state index in [2.05, 4.69) is 4.98 Å². The lowest BCUT2D eigenvalue weighted by Gasteiger charge is -2.08. The number of nitriles is 1. The van der Waals surface area contributed by atoms with Crippen LogP contribution in [-0.4, -0.2) is 16.1 Å². The summed E-state index contributed by atoms with van der Waals surface area (Å²) in [5.41, 5.74) is 0.111. The average molecular weight is 275 g/mol. The molecule has 1 N–H and O–H groups in total. The minimum absolute atomic E-state index is 0.0725. The van der Waals surface area contributed by atoms with Crippen LogP contribution in [0.1, 0.15) is 16.1 Å². The van der Waals surface area contributed by atoms with E-state index in [1.165, 1.54) is 30.3 Å². The number of rotatable bonds is 3. The Morgan fingerprint density at radius 2 is 2.16 bits per heavy atom. The van der Waals surface area contributed by atoms with Crippen molar-refractivity contribution in [1.82, 2.24) is 4.98 Å². The first-order valence-corrected chi connectivity index (χ1v) is 5.56. The van der Waals surface area contributed by atoms with Crippen molar-refractivity contribution < 1.29 is 14.6 Å². The number of carboxylic acid groups (broad SMARTS) is 1. The molecule has 0 amide bonds. The number of pyridine rings is 1. The SMILES string of the molecule is N#Cc1cccc(Oc2ccc(Cl)cc2C(=O)O)n1. The Kier molecular flexibility index (Phi) is 3.64. The van der Waals surface area contributed by atoms with Crippen LogP contribution in [0, 0.1) is 11.3 Å². The van der Waals surface area contributed by atoms with E-state index in [-0.39, 0.29) is 22.9 Å². The molecule has 2 rings (SSSR count). The molecule has 0 atom stereocenters. The minimum Gasteiger partial charge on any atom is -0.478 e. The minimum atomic E-state index is -1.16. The molecule has 0 radical (unpaired) electrons. The monoisotopic (exact) mass is 274 g/mol. The lowest BCUT2D eigenvalue weighted by molar-refractivity contribution is 0.0694. The molecule has 1 heterocycles. The van der Waals surface area contributed by atoms with Gasteiger partial charge in [-0.3, -0.25) is 0 Å². The highest BCUT2D eigenvalue weighted by molar-refractivity contribution is 6.31. The molecule has 0 aliphatic rings. The molecule has 0 spiro atoms. The Balaban J connectivity index is 2.38. The number of hydrogen-bond acceptors (Lipinski definition) is 4. The quantitative estimate of drug-likeness (QED) is 0.930. The van der Waals surface area contributed by atoms with Gasteiger partial charge in [0.15, 0.2) is 0 Å². The van der Waals surface area contributed by atoms with Gasteiger partial charge in [-0.1, -0.05) is 17.7 Å². The van der Waals surface area contributed by atoms with E-state index in [0.29, 0.717) is 5.02 Å². The number of nitrogens with zero attached hydrogens (tertiary/aromatic N) is 2. The normalized spacial score (nSPS) is 9.68. The molecule has 19 heavy (non-hydrogen) atoms. The highest BCUT2D eigenvalue weighted by Gasteiger charge is 2.13. The third-order valence-corrected chi connectivity index (χ3v) is 2.46. The molecule has 0 aliphatic carbocycles. The first kappa shape index (κ1) is 12.9. The summed E-state index contributed by atoms with van der Waals surface area (Å²) in [6.45, 7) is 0. The van der Waals surface area contributed by atoms with Crippen LogP contribution >= 0.6 is 11.6 Å². The van der Waals surface area contributed by atoms with E-state index in [9.17, 15) is 4.79 Å². The number of hydrogen-bond donors (Lipinski definition) is 1. The van der Waals surface area contributed by atoms with E-state index in [4.69, 9.17) is 26.7 Å². The zero-order valence-electron chi connectivity index (χ0n) is 9.50. The molecule has 1 aromatic heterocycles. The fraction of sp³-hybridized carbons (Fsp3) is 0. The van der Waals surface area contributed by atoms with Gasteiger partial charge < -0.3 is 9.84 Å². The summed E-state index contributed by atoms with van der Waals surface area (Å²) < 4.78 is 5.37. The molecular weight excluding hydrogens is 268 g/mol. The Bertz CT molecular complexity index is 680. The Hall–Kier alpha value is -2.58. The molecular formula is C13H7ClN2O3. The van der Waals surface area contributed by atoms with Crippen molar-refractivity contribution in [1.29, 1.82) is 5.26 Å². The van der Waals surface area contributed by atoms with Gasteiger partial charge in [-0.2, -0.15) is 5.26 Å². The van der Waals surface area contributed by atoms with Crippen molar-refractivity contribution >= 4 is 17.6 Å². The Labute approximate surface area is 113 Å². The molecule has 0 bridgehead atoms. The van der Waals surface area contributed by atoms with Crippen molar-refractivity contribution in [3.05, 3.63) is 52.7 Å². The molecule has 0 saturated heterocycles. The number of ether oxygens (including phenoxy) is 1. The fourth-order valence-corrected chi connectivity index (χ4v) is 1.58. The van der Waals surface area contributed by atoms with E-state index >= 15 is 0 Å². The van der Waals surface area contributed by atoms with Crippen LogP contribution in [0.15, 0.2) is 36.4 Å². The predicted octanol–water partition coefficient (Wildman–Crippen LogP) is 3.10. The van der Waals surface area contributed by atoms with Gasteiger partial charge >= 0.3 is 5.97 Å². The van der Waals surface area contributed by atoms with Crippen LogP contribution in [-0.2, 0) is 0 Å². The standard InChI is InChI=1S/C13H7ClN2O3/c14-8-4-5-11(10(6-8)13(17)18)19-12-3-1-2-9(7-15)16-12/h1-6H,(H,17,18). The van der Waals surface area contributed by atoms with Crippen molar-refractivity contribution in [3.63, 3.8) is 0 Å². The average Bonchev–Trinajstić information content (AvgIpc) is 2.41. The number of benzene rings is 1. The van der Waals surface area contributed by atoms with E-state index in [1.807, 2.05) is 6.07 Å². The van der Waals surface area contributed by atoms with Crippen LogP contribution in [0.25, 0.3) is 0 Å². The van der Waals surface area contributed by atoms with Crippen molar-refractivity contribution in [2.45, 2.75) is 0 Å². The molecule has 94 valence electrons. The highest BCUT2D eigenvalue weighted by Crippen LogP contribution is 2.27. The second-order valence-electron chi connectivity index (χ2n) is 3.52. The van der Waals surface area contributed by atoms with Gasteiger partial charge in [0.1, 0.15) is 23.1 Å². The van der Waals surface area contributed by atoms with E-state index in [0.717, 1.165) is 0 Å². The van der Waals surface area contributed by atoms with E-state index < -0.39 is 5.97 Å². The van der Waals surface area contributed by atoms with Crippen LogP contribution in [0.5, 0.6) is 11.6 Å². The van der Waals surface area contributed by atoms with Gasteiger partial charge in [-0.15, -0.1) is 0 Å². The third-order valence-electron chi connectivity index (χ3n) is 2.22. The predicted molar refractivity (Wildman–Crippen MR) is 67.4 cm³/mol. The fourth-order valence-electron chi connectivity index (χ4n) is 1.40. The maximum atomic E-state index is 11.1. The summed E-state index contributed by atoms with van der Waals surface area (Å²) in [6, 6.07) is 10.7. The maximum absolute atomic E-state index is 11.1. The second-order valence-corrected chi connectivity index (χ2v) is 3.96. The molecule has 0 fully saturated rings.